The third kappa shape index (κ3) is 3.50. The maximum atomic E-state index is 12.1. The third-order valence-corrected chi connectivity index (χ3v) is 2.93. The Balaban J connectivity index is 1.96. The third-order valence-electron chi connectivity index (χ3n) is 2.93. The van der Waals surface area contributed by atoms with Crippen molar-refractivity contribution in [2.45, 2.75) is 13.1 Å². The minimum atomic E-state index is -0.0316. The van der Waals surface area contributed by atoms with E-state index in [2.05, 4.69) is 5.10 Å². The van der Waals surface area contributed by atoms with Crippen molar-refractivity contribution in [3.05, 3.63) is 42.2 Å². The first-order valence-electron chi connectivity index (χ1n) is 6.23. The molecule has 1 heterocycles. The van der Waals surface area contributed by atoms with E-state index in [1.54, 1.807) is 25.3 Å². The fourth-order valence-corrected chi connectivity index (χ4v) is 1.86. The van der Waals surface area contributed by atoms with E-state index in [-0.39, 0.29) is 12.5 Å². The van der Waals surface area contributed by atoms with E-state index >= 15 is 0 Å². The predicted octanol–water partition coefficient (Wildman–Crippen LogP) is 1.13. The lowest BCUT2D eigenvalue weighted by Gasteiger charge is -2.17. The highest BCUT2D eigenvalue weighted by Gasteiger charge is 2.11. The van der Waals surface area contributed by atoms with Crippen LogP contribution in [0.2, 0.25) is 0 Å². The van der Waals surface area contributed by atoms with Gasteiger partial charge in [0.15, 0.2) is 0 Å². The molecule has 0 saturated heterocycles. The van der Waals surface area contributed by atoms with E-state index in [1.165, 1.54) is 10.9 Å². The maximum absolute atomic E-state index is 12.1. The van der Waals surface area contributed by atoms with Crippen LogP contribution in [-0.4, -0.2) is 34.7 Å². The normalized spacial score (nSPS) is 10.3. The average molecular weight is 274 g/mol. The van der Waals surface area contributed by atoms with Gasteiger partial charge < -0.3 is 15.4 Å². The SMILES string of the molecule is COc1cccc(CN(C)C(=O)Cn2cc(N)cn2)c1. The number of anilines is 1. The molecule has 6 heteroatoms. The lowest BCUT2D eigenvalue weighted by atomic mass is 10.2. The van der Waals surface area contributed by atoms with Crippen LogP contribution in [0, 0.1) is 0 Å². The number of nitrogen functional groups attached to an aromatic ring is 1. The molecule has 0 bridgehead atoms. The summed E-state index contributed by atoms with van der Waals surface area (Å²) in [6.07, 6.45) is 3.16. The van der Waals surface area contributed by atoms with Crippen LogP contribution in [-0.2, 0) is 17.9 Å². The number of rotatable bonds is 5. The van der Waals surface area contributed by atoms with Crippen LogP contribution in [0.4, 0.5) is 5.69 Å². The number of benzene rings is 1. The van der Waals surface area contributed by atoms with Gasteiger partial charge in [-0.2, -0.15) is 5.10 Å². The van der Waals surface area contributed by atoms with Crippen molar-refractivity contribution in [3.8, 4) is 5.75 Å². The molecule has 6 nitrogen and oxygen atoms in total. The van der Waals surface area contributed by atoms with Crippen molar-refractivity contribution in [1.82, 2.24) is 14.7 Å². The highest BCUT2D eigenvalue weighted by atomic mass is 16.5. The lowest BCUT2D eigenvalue weighted by molar-refractivity contribution is -0.131. The molecule has 0 fully saturated rings. The Morgan fingerprint density at radius 3 is 2.95 bits per heavy atom. The number of hydrogen-bond donors (Lipinski definition) is 1. The summed E-state index contributed by atoms with van der Waals surface area (Å²) in [5.74, 6) is 0.749. The second kappa shape index (κ2) is 6.10. The zero-order chi connectivity index (χ0) is 14.5. The molecule has 0 unspecified atom stereocenters. The summed E-state index contributed by atoms with van der Waals surface area (Å²) in [6.45, 7) is 0.699. The molecule has 1 aromatic heterocycles. The first-order chi connectivity index (χ1) is 9.58. The second-order valence-corrected chi connectivity index (χ2v) is 4.57. The predicted molar refractivity (Wildman–Crippen MR) is 76.1 cm³/mol. The summed E-state index contributed by atoms with van der Waals surface area (Å²) in [4.78, 5) is 13.7. The number of hydrogen-bond acceptors (Lipinski definition) is 4. The van der Waals surface area contributed by atoms with Gasteiger partial charge in [-0.25, -0.2) is 0 Å². The zero-order valence-electron chi connectivity index (χ0n) is 11.6. The van der Waals surface area contributed by atoms with E-state index in [0.29, 0.717) is 12.2 Å². The van der Waals surface area contributed by atoms with Gasteiger partial charge in [0.2, 0.25) is 5.91 Å². The molecule has 2 N–H and O–H groups in total. The van der Waals surface area contributed by atoms with Crippen LogP contribution in [0.1, 0.15) is 5.56 Å². The molecular formula is C14H18N4O2. The molecule has 0 radical (unpaired) electrons. The molecule has 106 valence electrons. The van der Waals surface area contributed by atoms with Gasteiger partial charge in [0.1, 0.15) is 12.3 Å². The minimum absolute atomic E-state index is 0.0316. The van der Waals surface area contributed by atoms with Crippen molar-refractivity contribution < 1.29 is 9.53 Å². The van der Waals surface area contributed by atoms with E-state index < -0.39 is 0 Å². The standard InChI is InChI=1S/C14H18N4O2/c1-17(8-11-4-3-5-13(6-11)20-2)14(19)10-18-9-12(15)7-16-18/h3-7,9H,8,10,15H2,1-2H3. The summed E-state index contributed by atoms with van der Waals surface area (Å²) in [7, 11) is 3.38. The zero-order valence-corrected chi connectivity index (χ0v) is 11.6. The summed E-state index contributed by atoms with van der Waals surface area (Å²) in [5.41, 5.74) is 7.13. The maximum Gasteiger partial charge on any atom is 0.244 e. The Morgan fingerprint density at radius 1 is 1.50 bits per heavy atom. The Morgan fingerprint density at radius 2 is 2.30 bits per heavy atom. The number of aromatic nitrogens is 2. The van der Waals surface area contributed by atoms with Gasteiger partial charge in [0.05, 0.1) is 19.0 Å². The monoisotopic (exact) mass is 274 g/mol. The van der Waals surface area contributed by atoms with Gasteiger partial charge in [-0.15, -0.1) is 0 Å². The molecule has 2 rings (SSSR count). The molecular weight excluding hydrogens is 256 g/mol. The Bertz CT molecular complexity index is 594. The van der Waals surface area contributed by atoms with Crippen molar-refractivity contribution in [2.24, 2.45) is 0 Å². The highest BCUT2D eigenvalue weighted by Crippen LogP contribution is 2.14. The number of carbonyl (C=O) groups is 1. The largest absolute Gasteiger partial charge is 0.497 e. The van der Waals surface area contributed by atoms with Gasteiger partial charge in [0.25, 0.3) is 0 Å². The van der Waals surface area contributed by atoms with Crippen LogP contribution in [0.3, 0.4) is 0 Å². The van der Waals surface area contributed by atoms with Crippen LogP contribution >= 0.6 is 0 Å². The van der Waals surface area contributed by atoms with Crippen LogP contribution in [0.5, 0.6) is 5.75 Å². The minimum Gasteiger partial charge on any atom is -0.497 e. The number of amides is 1. The molecule has 0 spiro atoms. The number of carbonyl (C=O) groups excluding carboxylic acids is 1. The number of methoxy groups -OCH3 is 1. The van der Waals surface area contributed by atoms with E-state index in [0.717, 1.165) is 11.3 Å². The quantitative estimate of drug-likeness (QED) is 0.887. The molecule has 1 amide bonds. The van der Waals surface area contributed by atoms with E-state index in [1.807, 2.05) is 24.3 Å². The summed E-state index contributed by atoms with van der Waals surface area (Å²) < 4.78 is 6.69. The summed E-state index contributed by atoms with van der Waals surface area (Å²) in [5, 5.41) is 4.00. The van der Waals surface area contributed by atoms with Crippen molar-refractivity contribution in [1.29, 1.82) is 0 Å². The lowest BCUT2D eigenvalue weighted by Crippen LogP contribution is -2.29. The smallest absolute Gasteiger partial charge is 0.244 e. The van der Waals surface area contributed by atoms with Gasteiger partial charge in [-0.05, 0) is 17.7 Å². The number of likely N-dealkylation sites (N-methyl/N-ethyl adjacent to an activating group) is 1. The first kappa shape index (κ1) is 13.9. The number of nitrogens with two attached hydrogens (primary N) is 1. The topological polar surface area (TPSA) is 73.4 Å². The van der Waals surface area contributed by atoms with Crippen LogP contribution in [0.15, 0.2) is 36.7 Å². The number of nitrogens with zero attached hydrogens (tertiary/aromatic N) is 3. The van der Waals surface area contributed by atoms with Crippen LogP contribution in [0.25, 0.3) is 0 Å². The fourth-order valence-electron chi connectivity index (χ4n) is 1.86. The van der Waals surface area contributed by atoms with Crippen molar-refractivity contribution in [3.63, 3.8) is 0 Å². The molecule has 0 aliphatic heterocycles. The van der Waals surface area contributed by atoms with E-state index in [4.69, 9.17) is 10.5 Å². The van der Waals surface area contributed by atoms with Gasteiger partial charge >= 0.3 is 0 Å². The second-order valence-electron chi connectivity index (χ2n) is 4.57. The Hall–Kier alpha value is -2.50. The number of ether oxygens (including phenoxy) is 1. The van der Waals surface area contributed by atoms with Gasteiger partial charge in [-0.3, -0.25) is 9.48 Å². The fraction of sp³-hybridized carbons (Fsp3) is 0.286. The summed E-state index contributed by atoms with van der Waals surface area (Å²) >= 11 is 0. The Kier molecular flexibility index (Phi) is 4.24. The van der Waals surface area contributed by atoms with Crippen LogP contribution < -0.4 is 10.5 Å². The first-order valence-corrected chi connectivity index (χ1v) is 6.23. The summed E-state index contributed by atoms with van der Waals surface area (Å²) in [6, 6.07) is 7.65. The molecule has 0 aliphatic rings. The Labute approximate surface area is 117 Å². The average Bonchev–Trinajstić information content (AvgIpc) is 2.84. The van der Waals surface area contributed by atoms with Gasteiger partial charge in [0, 0.05) is 19.8 Å². The molecule has 0 saturated carbocycles. The van der Waals surface area contributed by atoms with E-state index in [9.17, 15) is 4.79 Å². The molecule has 0 aliphatic carbocycles. The molecule has 0 atom stereocenters. The molecule has 1 aromatic carbocycles. The van der Waals surface area contributed by atoms with Crippen molar-refractivity contribution >= 4 is 11.6 Å². The molecule has 20 heavy (non-hydrogen) atoms. The van der Waals surface area contributed by atoms with Crippen molar-refractivity contribution in [2.75, 3.05) is 19.9 Å². The van der Waals surface area contributed by atoms with Gasteiger partial charge in [-0.1, -0.05) is 12.1 Å². The highest BCUT2D eigenvalue weighted by molar-refractivity contribution is 5.75. The molecule has 2 aromatic rings.